The molecule has 102 valence electrons. The Kier molecular flexibility index (Phi) is 5.16. The van der Waals surface area contributed by atoms with E-state index in [-0.39, 0.29) is 18.3 Å². The maximum Gasteiger partial charge on any atom is 0.259 e. The number of piperidine rings is 1. The van der Waals surface area contributed by atoms with Crippen LogP contribution in [0.4, 0.5) is 0 Å². The summed E-state index contributed by atoms with van der Waals surface area (Å²) in [7, 11) is 0. The topological polar surface area (TPSA) is 72.4 Å². The van der Waals surface area contributed by atoms with Crippen LogP contribution in [0.15, 0.2) is 4.52 Å². The highest BCUT2D eigenvalue weighted by Gasteiger charge is 2.26. The molecule has 5 nitrogen and oxygen atoms in total. The van der Waals surface area contributed by atoms with Crippen molar-refractivity contribution in [2.24, 2.45) is 11.7 Å². The molecule has 1 saturated heterocycles. The highest BCUT2D eigenvalue weighted by atomic mass is 35.5. The van der Waals surface area contributed by atoms with Crippen molar-refractivity contribution >= 4 is 18.3 Å². The van der Waals surface area contributed by atoms with E-state index in [0.717, 1.165) is 25.9 Å². The van der Waals surface area contributed by atoms with Gasteiger partial charge in [-0.2, -0.15) is 0 Å². The van der Waals surface area contributed by atoms with Crippen LogP contribution in [-0.2, 0) is 0 Å². The summed E-state index contributed by atoms with van der Waals surface area (Å²) in [5.74, 6) is 1.20. The maximum atomic E-state index is 12.3. The molecule has 0 unspecified atom stereocenters. The van der Waals surface area contributed by atoms with Crippen LogP contribution in [0.5, 0.6) is 0 Å². The van der Waals surface area contributed by atoms with Gasteiger partial charge in [-0.3, -0.25) is 4.79 Å². The Hall–Kier alpha value is -1.07. The molecule has 1 aromatic heterocycles. The van der Waals surface area contributed by atoms with Gasteiger partial charge in [-0.25, -0.2) is 0 Å². The second kappa shape index (κ2) is 6.20. The predicted molar refractivity (Wildman–Crippen MR) is 70.9 cm³/mol. The minimum atomic E-state index is 0. The summed E-state index contributed by atoms with van der Waals surface area (Å²) in [6, 6.07) is 0. The number of hydrogen-bond acceptors (Lipinski definition) is 4. The quantitative estimate of drug-likeness (QED) is 0.887. The van der Waals surface area contributed by atoms with Crippen LogP contribution < -0.4 is 5.73 Å². The van der Waals surface area contributed by atoms with Crippen molar-refractivity contribution in [2.75, 3.05) is 19.6 Å². The molecule has 6 heteroatoms. The van der Waals surface area contributed by atoms with E-state index in [9.17, 15) is 4.79 Å². The molecule has 0 radical (unpaired) electrons. The van der Waals surface area contributed by atoms with Crippen LogP contribution >= 0.6 is 12.4 Å². The van der Waals surface area contributed by atoms with E-state index in [1.54, 1.807) is 13.8 Å². The number of aryl methyl sites for hydroxylation is 2. The Bertz CT molecular complexity index is 392. The number of likely N-dealkylation sites (tertiary alicyclic amines) is 1. The van der Waals surface area contributed by atoms with Crippen LogP contribution in [0.3, 0.4) is 0 Å². The third kappa shape index (κ3) is 2.84. The summed E-state index contributed by atoms with van der Waals surface area (Å²) in [5.41, 5.74) is 6.94. The lowest BCUT2D eigenvalue weighted by molar-refractivity contribution is 0.0691. The molecule has 0 aliphatic carbocycles. The minimum Gasteiger partial charge on any atom is -0.361 e. The molecular weight excluding hydrogens is 254 g/mol. The number of aromatic nitrogens is 1. The van der Waals surface area contributed by atoms with Crippen LogP contribution in [0, 0.1) is 19.8 Å². The standard InChI is InChI=1S/C12H19N3O2.ClH/c1-8-11(9(2)17-14-8)12(16)15-5-3-10(7-13)4-6-15;/h10H,3-7,13H2,1-2H3;1H. The lowest BCUT2D eigenvalue weighted by Crippen LogP contribution is -2.40. The van der Waals surface area contributed by atoms with E-state index in [1.165, 1.54) is 0 Å². The zero-order chi connectivity index (χ0) is 12.4. The SMILES string of the molecule is Cc1noc(C)c1C(=O)N1CCC(CN)CC1.Cl. The third-order valence-electron chi connectivity index (χ3n) is 3.48. The van der Waals surface area contributed by atoms with Gasteiger partial charge in [-0.1, -0.05) is 5.16 Å². The molecule has 18 heavy (non-hydrogen) atoms. The average molecular weight is 274 g/mol. The van der Waals surface area contributed by atoms with Gasteiger partial charge >= 0.3 is 0 Å². The molecule has 0 aromatic carbocycles. The van der Waals surface area contributed by atoms with Crippen molar-refractivity contribution in [3.05, 3.63) is 17.0 Å². The zero-order valence-corrected chi connectivity index (χ0v) is 11.6. The monoisotopic (exact) mass is 273 g/mol. The summed E-state index contributed by atoms with van der Waals surface area (Å²) in [6.45, 7) is 5.86. The van der Waals surface area contributed by atoms with Gasteiger partial charge in [-0.15, -0.1) is 12.4 Å². The molecule has 2 heterocycles. The highest BCUT2D eigenvalue weighted by molar-refractivity contribution is 5.96. The number of halogens is 1. The van der Waals surface area contributed by atoms with Crippen molar-refractivity contribution in [3.8, 4) is 0 Å². The van der Waals surface area contributed by atoms with Gasteiger partial charge in [0.05, 0.1) is 5.69 Å². The lowest BCUT2D eigenvalue weighted by Gasteiger charge is -2.31. The first-order valence-electron chi connectivity index (χ1n) is 6.05. The molecule has 1 aromatic rings. The van der Waals surface area contributed by atoms with E-state index < -0.39 is 0 Å². The first kappa shape index (κ1) is 15.0. The summed E-state index contributed by atoms with van der Waals surface area (Å²) in [5, 5.41) is 3.82. The smallest absolute Gasteiger partial charge is 0.259 e. The van der Waals surface area contributed by atoms with Crippen LogP contribution in [-0.4, -0.2) is 35.6 Å². The number of carbonyl (C=O) groups excluding carboxylic acids is 1. The van der Waals surface area contributed by atoms with Crippen molar-refractivity contribution in [1.82, 2.24) is 10.1 Å². The van der Waals surface area contributed by atoms with E-state index in [0.29, 0.717) is 29.5 Å². The summed E-state index contributed by atoms with van der Waals surface area (Å²) >= 11 is 0. The molecule has 0 bridgehead atoms. The van der Waals surface area contributed by atoms with Crippen LogP contribution in [0.2, 0.25) is 0 Å². The minimum absolute atomic E-state index is 0. The largest absolute Gasteiger partial charge is 0.361 e. The highest BCUT2D eigenvalue weighted by Crippen LogP contribution is 2.20. The first-order chi connectivity index (χ1) is 8.13. The number of amides is 1. The molecule has 1 fully saturated rings. The zero-order valence-electron chi connectivity index (χ0n) is 10.8. The normalized spacial score (nSPS) is 16.5. The number of carbonyl (C=O) groups is 1. The van der Waals surface area contributed by atoms with Gasteiger partial charge in [0, 0.05) is 13.1 Å². The molecule has 0 atom stereocenters. The number of rotatable bonds is 2. The second-order valence-corrected chi connectivity index (χ2v) is 4.67. The Balaban J connectivity index is 0.00000162. The Morgan fingerprint density at radius 3 is 2.50 bits per heavy atom. The van der Waals surface area contributed by atoms with Crippen molar-refractivity contribution in [2.45, 2.75) is 26.7 Å². The van der Waals surface area contributed by atoms with Crippen molar-refractivity contribution in [1.29, 1.82) is 0 Å². The van der Waals surface area contributed by atoms with E-state index in [1.807, 2.05) is 4.90 Å². The molecule has 0 spiro atoms. The number of nitrogens with zero attached hydrogens (tertiary/aromatic N) is 2. The number of nitrogens with two attached hydrogens (primary N) is 1. The van der Waals surface area contributed by atoms with E-state index in [4.69, 9.17) is 10.3 Å². The molecule has 1 aliphatic heterocycles. The fraction of sp³-hybridized carbons (Fsp3) is 0.667. The lowest BCUT2D eigenvalue weighted by atomic mass is 9.96. The second-order valence-electron chi connectivity index (χ2n) is 4.67. The summed E-state index contributed by atoms with van der Waals surface area (Å²) in [4.78, 5) is 14.2. The maximum absolute atomic E-state index is 12.3. The van der Waals surface area contributed by atoms with Crippen LogP contribution in [0.25, 0.3) is 0 Å². The third-order valence-corrected chi connectivity index (χ3v) is 3.48. The van der Waals surface area contributed by atoms with E-state index >= 15 is 0 Å². The first-order valence-corrected chi connectivity index (χ1v) is 6.05. The van der Waals surface area contributed by atoms with Gasteiger partial charge in [0.15, 0.2) is 0 Å². The Morgan fingerprint density at radius 1 is 1.44 bits per heavy atom. The van der Waals surface area contributed by atoms with Crippen molar-refractivity contribution < 1.29 is 9.32 Å². The Morgan fingerprint density at radius 2 is 2.06 bits per heavy atom. The van der Waals surface area contributed by atoms with Gasteiger partial charge < -0.3 is 15.2 Å². The fourth-order valence-electron chi connectivity index (χ4n) is 2.32. The predicted octanol–water partition coefficient (Wildman–Crippen LogP) is 1.52. The van der Waals surface area contributed by atoms with E-state index in [2.05, 4.69) is 5.16 Å². The molecule has 2 N–H and O–H groups in total. The number of hydrogen-bond donors (Lipinski definition) is 1. The van der Waals surface area contributed by atoms with Crippen LogP contribution in [0.1, 0.15) is 34.7 Å². The summed E-state index contributed by atoms with van der Waals surface area (Å²) < 4.78 is 5.03. The molecule has 1 amide bonds. The fourth-order valence-corrected chi connectivity index (χ4v) is 2.32. The molecule has 1 aliphatic rings. The van der Waals surface area contributed by atoms with Gasteiger partial charge in [0.1, 0.15) is 11.3 Å². The Labute approximate surface area is 113 Å². The van der Waals surface area contributed by atoms with Gasteiger partial charge in [-0.05, 0) is 39.2 Å². The molecule has 0 saturated carbocycles. The van der Waals surface area contributed by atoms with Gasteiger partial charge in [0.2, 0.25) is 0 Å². The molecular formula is C12H20ClN3O2. The average Bonchev–Trinajstić information content (AvgIpc) is 2.68. The van der Waals surface area contributed by atoms with Crippen molar-refractivity contribution in [3.63, 3.8) is 0 Å². The molecule has 2 rings (SSSR count). The summed E-state index contributed by atoms with van der Waals surface area (Å²) in [6.07, 6.45) is 1.98. The van der Waals surface area contributed by atoms with Gasteiger partial charge in [0.25, 0.3) is 5.91 Å².